The number of rotatable bonds is 7. The molecule has 1 fully saturated rings. The number of fused-ring (bicyclic) bond motifs is 2. The fourth-order valence-corrected chi connectivity index (χ4v) is 4.52. The van der Waals surface area contributed by atoms with E-state index >= 15 is 0 Å². The van der Waals surface area contributed by atoms with Crippen molar-refractivity contribution in [2.75, 3.05) is 18.4 Å². The fraction of sp³-hybridized carbons (Fsp3) is 0.179. The number of likely N-dealkylation sites (tertiary alicyclic amines) is 1. The van der Waals surface area contributed by atoms with Crippen LogP contribution in [0.2, 0.25) is 0 Å². The summed E-state index contributed by atoms with van der Waals surface area (Å²) in [5.41, 5.74) is 3.33. The molecule has 1 aliphatic heterocycles. The molecule has 0 spiro atoms. The lowest BCUT2D eigenvalue weighted by Gasteiger charge is -2.16. The number of ether oxygens (including phenoxy) is 2. The summed E-state index contributed by atoms with van der Waals surface area (Å²) in [6.07, 6.45) is 6.89. The Balaban J connectivity index is 1.19. The topological polar surface area (TPSA) is 107 Å². The van der Waals surface area contributed by atoms with Gasteiger partial charge in [0.15, 0.2) is 5.65 Å². The molecule has 0 unspecified atom stereocenters. The molecular formula is C28H25N7O3. The van der Waals surface area contributed by atoms with E-state index in [9.17, 15) is 4.79 Å². The number of nitrogens with one attached hydrogen (secondary N) is 1. The first kappa shape index (κ1) is 23.4. The van der Waals surface area contributed by atoms with Crippen LogP contribution in [0.4, 0.5) is 11.5 Å². The van der Waals surface area contributed by atoms with Crippen LogP contribution < -0.4 is 14.8 Å². The zero-order valence-electron chi connectivity index (χ0n) is 20.7. The lowest BCUT2D eigenvalue weighted by molar-refractivity contribution is -0.125. The molecule has 10 nitrogen and oxygen atoms in total. The Bertz CT molecular complexity index is 1670. The molecule has 0 saturated carbocycles. The van der Waals surface area contributed by atoms with E-state index in [0.29, 0.717) is 36.1 Å². The van der Waals surface area contributed by atoms with Crippen molar-refractivity contribution in [1.82, 2.24) is 29.5 Å². The molecule has 1 saturated heterocycles. The Hall–Kier alpha value is -4.99. The first-order valence-electron chi connectivity index (χ1n) is 12.2. The average Bonchev–Trinajstić information content (AvgIpc) is 3.59. The molecule has 190 valence electrons. The summed E-state index contributed by atoms with van der Waals surface area (Å²) in [4.78, 5) is 26.7. The number of amides is 1. The van der Waals surface area contributed by atoms with Crippen LogP contribution in [0.3, 0.4) is 0 Å². The zero-order valence-corrected chi connectivity index (χ0v) is 20.7. The van der Waals surface area contributed by atoms with Crippen molar-refractivity contribution in [2.24, 2.45) is 0 Å². The van der Waals surface area contributed by atoms with Gasteiger partial charge in [0, 0.05) is 36.3 Å². The van der Waals surface area contributed by atoms with Crippen LogP contribution in [-0.4, -0.2) is 54.6 Å². The summed E-state index contributed by atoms with van der Waals surface area (Å²) < 4.78 is 14.0. The summed E-state index contributed by atoms with van der Waals surface area (Å²) in [7, 11) is 0. The van der Waals surface area contributed by atoms with Crippen molar-refractivity contribution in [3.8, 4) is 17.2 Å². The van der Waals surface area contributed by atoms with Crippen molar-refractivity contribution in [3.63, 3.8) is 0 Å². The molecular weight excluding hydrogens is 482 g/mol. The van der Waals surface area contributed by atoms with E-state index in [-0.39, 0.29) is 12.0 Å². The molecule has 1 N–H and O–H groups in total. The van der Waals surface area contributed by atoms with Crippen LogP contribution in [-0.2, 0) is 4.79 Å². The van der Waals surface area contributed by atoms with Gasteiger partial charge in [0.1, 0.15) is 41.8 Å². The highest BCUT2D eigenvalue weighted by atomic mass is 16.5. The predicted molar refractivity (Wildman–Crippen MR) is 143 cm³/mol. The minimum Gasteiger partial charge on any atom is -0.488 e. The zero-order chi connectivity index (χ0) is 26.1. The van der Waals surface area contributed by atoms with E-state index in [4.69, 9.17) is 9.47 Å². The third-order valence-corrected chi connectivity index (χ3v) is 6.46. The Morgan fingerprint density at radius 2 is 2.00 bits per heavy atom. The summed E-state index contributed by atoms with van der Waals surface area (Å²) in [6, 6.07) is 15.3. The number of nitrogens with zero attached hydrogens (tertiary/aromatic N) is 6. The number of carbonyl (C=O) groups is 1. The van der Waals surface area contributed by atoms with Gasteiger partial charge < -0.3 is 19.7 Å². The summed E-state index contributed by atoms with van der Waals surface area (Å²) in [5, 5.41) is 8.34. The smallest absolute Gasteiger partial charge is 0.246 e. The summed E-state index contributed by atoms with van der Waals surface area (Å²) in [5.74, 6) is 2.72. The third-order valence-electron chi connectivity index (χ3n) is 6.46. The maximum Gasteiger partial charge on any atom is 0.246 e. The van der Waals surface area contributed by atoms with Gasteiger partial charge >= 0.3 is 0 Å². The lowest BCUT2D eigenvalue weighted by atomic mass is 10.2. The van der Waals surface area contributed by atoms with Gasteiger partial charge in [0.25, 0.3) is 0 Å². The van der Waals surface area contributed by atoms with E-state index in [0.717, 1.165) is 34.3 Å². The normalized spacial score (nSPS) is 15.1. The molecule has 5 aromatic rings. The van der Waals surface area contributed by atoms with Crippen molar-refractivity contribution in [2.45, 2.75) is 19.4 Å². The van der Waals surface area contributed by atoms with Gasteiger partial charge in [-0.1, -0.05) is 6.58 Å². The van der Waals surface area contributed by atoms with Gasteiger partial charge in [0.2, 0.25) is 5.91 Å². The first-order chi connectivity index (χ1) is 18.6. The van der Waals surface area contributed by atoms with Crippen LogP contribution in [0, 0.1) is 6.92 Å². The van der Waals surface area contributed by atoms with Crippen LogP contribution >= 0.6 is 0 Å². The highest BCUT2D eigenvalue weighted by Gasteiger charge is 2.26. The molecule has 0 radical (unpaired) electrons. The number of pyridine rings is 1. The Morgan fingerprint density at radius 3 is 2.87 bits per heavy atom. The van der Waals surface area contributed by atoms with E-state index in [1.54, 1.807) is 9.42 Å². The molecule has 10 heteroatoms. The predicted octanol–water partition coefficient (Wildman–Crippen LogP) is 4.68. The largest absolute Gasteiger partial charge is 0.488 e. The van der Waals surface area contributed by atoms with Gasteiger partial charge in [-0.2, -0.15) is 5.10 Å². The monoisotopic (exact) mass is 507 g/mol. The quantitative estimate of drug-likeness (QED) is 0.317. The van der Waals surface area contributed by atoms with Crippen molar-refractivity contribution >= 4 is 34.0 Å². The van der Waals surface area contributed by atoms with E-state index < -0.39 is 0 Å². The fourth-order valence-electron chi connectivity index (χ4n) is 4.52. The maximum atomic E-state index is 11.9. The van der Waals surface area contributed by atoms with Gasteiger partial charge in [0.05, 0.1) is 12.1 Å². The minimum absolute atomic E-state index is 0.0713. The highest BCUT2D eigenvalue weighted by Crippen LogP contribution is 2.31. The highest BCUT2D eigenvalue weighted by molar-refractivity contribution is 5.91. The number of carbonyl (C=O) groups excluding carboxylic acids is 1. The second-order valence-corrected chi connectivity index (χ2v) is 9.05. The number of hydrogen-bond donors (Lipinski definition) is 1. The van der Waals surface area contributed by atoms with E-state index in [1.807, 2.05) is 61.7 Å². The van der Waals surface area contributed by atoms with Crippen molar-refractivity contribution < 1.29 is 14.3 Å². The molecule has 1 amide bonds. The van der Waals surface area contributed by atoms with Gasteiger partial charge in [-0.05, 0) is 61.0 Å². The molecule has 4 heterocycles. The molecule has 0 aliphatic carbocycles. The molecule has 1 aliphatic rings. The van der Waals surface area contributed by atoms with Crippen molar-refractivity contribution in [1.29, 1.82) is 0 Å². The second-order valence-electron chi connectivity index (χ2n) is 9.05. The van der Waals surface area contributed by atoms with Crippen molar-refractivity contribution in [3.05, 3.63) is 85.6 Å². The van der Waals surface area contributed by atoms with E-state index in [2.05, 4.69) is 31.9 Å². The van der Waals surface area contributed by atoms with Gasteiger partial charge in [-0.15, -0.1) is 0 Å². The van der Waals surface area contributed by atoms with Crippen LogP contribution in [0.15, 0.2) is 80.0 Å². The molecule has 2 aromatic carbocycles. The molecule has 6 rings (SSSR count). The number of benzene rings is 2. The third kappa shape index (κ3) is 4.71. The summed E-state index contributed by atoms with van der Waals surface area (Å²) in [6.45, 7) is 6.75. The Morgan fingerprint density at radius 1 is 1.08 bits per heavy atom. The number of anilines is 2. The Kier molecular flexibility index (Phi) is 6.04. The molecule has 38 heavy (non-hydrogen) atoms. The number of aryl methyl sites for hydroxylation is 1. The average molecular weight is 508 g/mol. The van der Waals surface area contributed by atoms with Crippen LogP contribution in [0.5, 0.6) is 17.2 Å². The van der Waals surface area contributed by atoms with E-state index in [1.165, 1.54) is 18.7 Å². The SMILES string of the molecule is C=CC(=O)N1CC[C@H](Oc2ccc3ncnc(Nc4ccc(Oc5ccn6ncnc6c5)c(C)c4)c3c2)C1. The molecule has 1 atom stereocenters. The molecule has 3 aromatic heterocycles. The van der Waals surface area contributed by atoms with Crippen LogP contribution in [0.25, 0.3) is 16.6 Å². The van der Waals surface area contributed by atoms with Crippen LogP contribution in [0.1, 0.15) is 12.0 Å². The maximum absolute atomic E-state index is 11.9. The lowest BCUT2D eigenvalue weighted by Crippen LogP contribution is -2.29. The van der Waals surface area contributed by atoms with Gasteiger partial charge in [-0.25, -0.2) is 19.5 Å². The summed E-state index contributed by atoms with van der Waals surface area (Å²) >= 11 is 0. The number of hydrogen-bond acceptors (Lipinski definition) is 8. The molecule has 0 bridgehead atoms. The number of aromatic nitrogens is 5. The minimum atomic E-state index is -0.0717. The van der Waals surface area contributed by atoms with Gasteiger partial charge in [-0.3, -0.25) is 4.79 Å². The Labute approximate surface area is 218 Å². The standard InChI is InChI=1S/C28H25N7O3/c1-3-27(36)34-10-8-22(15-34)37-20-5-6-24-23(13-20)28(31-16-29-24)33-19-4-7-25(18(2)12-19)38-21-9-11-35-26(14-21)30-17-32-35/h3-7,9,11-14,16-17,22H,1,8,10,15H2,2H3,(H,29,31,33)/t22-/m0/s1. The second kappa shape index (κ2) is 9.81. The first-order valence-corrected chi connectivity index (χ1v) is 12.2.